The molecule has 0 spiro atoms. The molecule has 1 amide bonds. The van der Waals surface area contributed by atoms with E-state index in [0.717, 1.165) is 5.69 Å². The lowest BCUT2D eigenvalue weighted by atomic mass is 10.3. The summed E-state index contributed by atoms with van der Waals surface area (Å²) in [5, 5.41) is 8.98. The first kappa shape index (κ1) is 12.2. The van der Waals surface area contributed by atoms with Crippen LogP contribution in [-0.2, 0) is 17.8 Å². The Balaban J connectivity index is 2.09. The zero-order chi connectivity index (χ0) is 13.1. The van der Waals surface area contributed by atoms with Crippen LogP contribution in [-0.4, -0.2) is 39.8 Å². The topological polar surface area (TPSA) is 71.8 Å². The summed E-state index contributed by atoms with van der Waals surface area (Å²) in [6.45, 7) is 4.92. The SMILES string of the molecule is C=CCOC(=O)N1CCn2c(ccc2C(=O)O)C1. The van der Waals surface area contributed by atoms with Crippen LogP contribution in [0.5, 0.6) is 0 Å². The Hall–Kier alpha value is -2.24. The summed E-state index contributed by atoms with van der Waals surface area (Å²) in [5.41, 5.74) is 1.05. The van der Waals surface area contributed by atoms with Crippen molar-refractivity contribution in [1.29, 1.82) is 0 Å². The van der Waals surface area contributed by atoms with Gasteiger partial charge in [-0.25, -0.2) is 9.59 Å². The number of aromatic nitrogens is 1. The summed E-state index contributed by atoms with van der Waals surface area (Å²) in [6, 6.07) is 3.27. The molecule has 2 rings (SSSR count). The van der Waals surface area contributed by atoms with Gasteiger partial charge in [-0.15, -0.1) is 0 Å². The zero-order valence-corrected chi connectivity index (χ0v) is 9.83. The van der Waals surface area contributed by atoms with Gasteiger partial charge in [-0.3, -0.25) is 0 Å². The van der Waals surface area contributed by atoms with Gasteiger partial charge >= 0.3 is 12.1 Å². The van der Waals surface area contributed by atoms with Crippen molar-refractivity contribution in [2.75, 3.05) is 13.2 Å². The maximum atomic E-state index is 11.6. The molecule has 0 saturated carbocycles. The molecule has 96 valence electrons. The highest BCUT2D eigenvalue weighted by atomic mass is 16.6. The van der Waals surface area contributed by atoms with Gasteiger partial charge in [0.15, 0.2) is 0 Å². The quantitative estimate of drug-likeness (QED) is 0.821. The van der Waals surface area contributed by atoms with Crippen molar-refractivity contribution in [3.8, 4) is 0 Å². The molecule has 0 aromatic carbocycles. The van der Waals surface area contributed by atoms with Crippen molar-refractivity contribution in [3.63, 3.8) is 0 Å². The molecule has 0 atom stereocenters. The fourth-order valence-corrected chi connectivity index (χ4v) is 1.97. The van der Waals surface area contributed by atoms with E-state index in [9.17, 15) is 9.59 Å². The normalized spacial score (nSPS) is 13.9. The molecule has 1 aliphatic rings. The summed E-state index contributed by atoms with van der Waals surface area (Å²) >= 11 is 0. The summed E-state index contributed by atoms with van der Waals surface area (Å²) in [6.07, 6.45) is 1.10. The Labute approximate surface area is 104 Å². The Morgan fingerprint density at radius 3 is 2.89 bits per heavy atom. The van der Waals surface area contributed by atoms with Crippen LogP contribution in [0, 0.1) is 0 Å². The fraction of sp³-hybridized carbons (Fsp3) is 0.333. The van der Waals surface area contributed by atoms with Gasteiger partial charge in [-0.05, 0) is 12.1 Å². The number of carbonyl (C=O) groups is 2. The van der Waals surface area contributed by atoms with E-state index in [1.807, 2.05) is 0 Å². The molecule has 2 heterocycles. The fourth-order valence-electron chi connectivity index (χ4n) is 1.97. The number of hydrogen-bond acceptors (Lipinski definition) is 3. The van der Waals surface area contributed by atoms with Gasteiger partial charge in [-0.2, -0.15) is 0 Å². The van der Waals surface area contributed by atoms with Gasteiger partial charge < -0.3 is 19.3 Å². The van der Waals surface area contributed by atoms with Crippen LogP contribution < -0.4 is 0 Å². The largest absolute Gasteiger partial charge is 0.477 e. The van der Waals surface area contributed by atoms with Crippen LogP contribution in [0.1, 0.15) is 16.2 Å². The standard InChI is InChI=1S/C12H14N2O4/c1-2-7-18-12(17)13-5-6-14-9(8-13)3-4-10(14)11(15)16/h2-4H,1,5-8H2,(H,15,16). The lowest BCUT2D eigenvalue weighted by molar-refractivity contribution is 0.0680. The molecule has 0 saturated heterocycles. The number of nitrogens with zero attached hydrogens (tertiary/aromatic N) is 2. The lowest BCUT2D eigenvalue weighted by Gasteiger charge is -2.28. The molecule has 1 N–H and O–H groups in total. The predicted molar refractivity (Wildman–Crippen MR) is 63.3 cm³/mol. The van der Waals surface area contributed by atoms with E-state index in [0.29, 0.717) is 19.6 Å². The average Bonchev–Trinajstić information content (AvgIpc) is 2.78. The molecule has 0 radical (unpaired) electrons. The number of carbonyl (C=O) groups excluding carboxylic acids is 1. The summed E-state index contributed by atoms with van der Waals surface area (Å²) in [4.78, 5) is 24.1. The minimum atomic E-state index is -0.955. The molecule has 0 bridgehead atoms. The van der Waals surface area contributed by atoms with E-state index in [2.05, 4.69) is 6.58 Å². The molecule has 1 aliphatic heterocycles. The number of carboxylic acid groups (broad SMARTS) is 1. The smallest absolute Gasteiger partial charge is 0.410 e. The van der Waals surface area contributed by atoms with Crippen LogP contribution >= 0.6 is 0 Å². The summed E-state index contributed by atoms with van der Waals surface area (Å²) in [7, 11) is 0. The van der Waals surface area contributed by atoms with E-state index in [-0.39, 0.29) is 12.3 Å². The van der Waals surface area contributed by atoms with Crippen molar-refractivity contribution in [2.45, 2.75) is 13.1 Å². The second-order valence-electron chi connectivity index (χ2n) is 3.95. The third kappa shape index (κ3) is 2.22. The molecule has 1 aromatic rings. The van der Waals surface area contributed by atoms with Gasteiger partial charge in [0, 0.05) is 18.8 Å². The first-order valence-corrected chi connectivity index (χ1v) is 5.57. The maximum absolute atomic E-state index is 11.6. The Morgan fingerprint density at radius 2 is 2.22 bits per heavy atom. The second-order valence-corrected chi connectivity index (χ2v) is 3.95. The first-order chi connectivity index (χ1) is 8.63. The van der Waals surface area contributed by atoms with Gasteiger partial charge in [-0.1, -0.05) is 12.7 Å². The molecular formula is C12H14N2O4. The van der Waals surface area contributed by atoms with E-state index < -0.39 is 12.1 Å². The average molecular weight is 250 g/mol. The Morgan fingerprint density at radius 1 is 1.44 bits per heavy atom. The summed E-state index contributed by atoms with van der Waals surface area (Å²) in [5.74, 6) is -0.955. The third-order valence-electron chi connectivity index (χ3n) is 2.82. The highest BCUT2D eigenvalue weighted by Crippen LogP contribution is 2.17. The van der Waals surface area contributed by atoms with Crippen molar-refractivity contribution in [1.82, 2.24) is 9.47 Å². The van der Waals surface area contributed by atoms with Gasteiger partial charge in [0.05, 0.1) is 6.54 Å². The molecule has 1 aromatic heterocycles. The lowest BCUT2D eigenvalue weighted by Crippen LogP contribution is -2.39. The minimum Gasteiger partial charge on any atom is -0.477 e. The molecular weight excluding hydrogens is 236 g/mol. The molecule has 18 heavy (non-hydrogen) atoms. The van der Waals surface area contributed by atoms with Crippen LogP contribution in [0.4, 0.5) is 4.79 Å². The maximum Gasteiger partial charge on any atom is 0.410 e. The van der Waals surface area contributed by atoms with Crippen molar-refractivity contribution in [3.05, 3.63) is 36.2 Å². The number of hydrogen-bond donors (Lipinski definition) is 1. The van der Waals surface area contributed by atoms with Crippen LogP contribution in [0.3, 0.4) is 0 Å². The summed E-state index contributed by atoms with van der Waals surface area (Å²) < 4.78 is 6.65. The number of aromatic carboxylic acids is 1. The number of amides is 1. The van der Waals surface area contributed by atoms with Gasteiger partial charge in [0.2, 0.25) is 0 Å². The van der Waals surface area contributed by atoms with Crippen molar-refractivity contribution < 1.29 is 19.4 Å². The van der Waals surface area contributed by atoms with Gasteiger partial charge in [0.1, 0.15) is 12.3 Å². The number of ether oxygens (including phenoxy) is 1. The number of rotatable bonds is 3. The molecule has 0 fully saturated rings. The Kier molecular flexibility index (Phi) is 3.36. The monoisotopic (exact) mass is 250 g/mol. The highest BCUT2D eigenvalue weighted by Gasteiger charge is 2.24. The molecule has 6 nitrogen and oxygen atoms in total. The third-order valence-corrected chi connectivity index (χ3v) is 2.82. The number of fused-ring (bicyclic) bond motifs is 1. The van der Waals surface area contributed by atoms with E-state index in [1.165, 1.54) is 6.08 Å². The van der Waals surface area contributed by atoms with Crippen LogP contribution in [0.15, 0.2) is 24.8 Å². The minimum absolute atomic E-state index is 0.177. The first-order valence-electron chi connectivity index (χ1n) is 5.57. The van der Waals surface area contributed by atoms with Crippen LogP contribution in [0.2, 0.25) is 0 Å². The molecule has 6 heteroatoms. The van der Waals surface area contributed by atoms with E-state index in [1.54, 1.807) is 21.6 Å². The van der Waals surface area contributed by atoms with Crippen molar-refractivity contribution in [2.24, 2.45) is 0 Å². The Bertz CT molecular complexity index is 492. The van der Waals surface area contributed by atoms with Crippen LogP contribution in [0.25, 0.3) is 0 Å². The van der Waals surface area contributed by atoms with Gasteiger partial charge in [0.25, 0.3) is 0 Å². The number of carboxylic acids is 1. The zero-order valence-electron chi connectivity index (χ0n) is 9.83. The van der Waals surface area contributed by atoms with Crippen molar-refractivity contribution >= 4 is 12.1 Å². The van der Waals surface area contributed by atoms with E-state index >= 15 is 0 Å². The second kappa shape index (κ2) is 4.95. The molecule has 0 aliphatic carbocycles. The van der Waals surface area contributed by atoms with E-state index in [4.69, 9.17) is 9.84 Å². The highest BCUT2D eigenvalue weighted by molar-refractivity contribution is 5.86. The predicted octanol–water partition coefficient (Wildman–Crippen LogP) is 1.32. The molecule has 0 unspecified atom stereocenters.